The summed E-state index contributed by atoms with van der Waals surface area (Å²) >= 11 is 0. The molecule has 0 bridgehead atoms. The summed E-state index contributed by atoms with van der Waals surface area (Å²) in [6.45, 7) is 2.08. The fraction of sp³-hybridized carbons (Fsp3) is 0.333. The van der Waals surface area contributed by atoms with Crippen LogP contribution in [-0.2, 0) is 24.3 Å². The molecule has 0 aliphatic rings. The van der Waals surface area contributed by atoms with E-state index in [1.54, 1.807) is 6.26 Å². The highest BCUT2D eigenvalue weighted by Crippen LogP contribution is 2.11. The van der Waals surface area contributed by atoms with Crippen molar-refractivity contribution in [3.05, 3.63) is 59.5 Å². The van der Waals surface area contributed by atoms with Crippen LogP contribution >= 0.6 is 0 Å². The van der Waals surface area contributed by atoms with Crippen LogP contribution in [0, 0.1) is 0 Å². The molecule has 0 aliphatic heterocycles. The van der Waals surface area contributed by atoms with Crippen molar-refractivity contribution >= 4 is 0 Å². The van der Waals surface area contributed by atoms with Crippen molar-refractivity contribution in [1.82, 2.24) is 5.32 Å². The molecule has 2 rings (SSSR count). The Morgan fingerprint density at radius 3 is 2.78 bits per heavy atom. The first-order valence-electron chi connectivity index (χ1n) is 6.21. The second-order valence-corrected chi connectivity index (χ2v) is 4.19. The molecule has 96 valence electrons. The van der Waals surface area contributed by atoms with Crippen LogP contribution in [0.15, 0.2) is 47.1 Å². The minimum Gasteiger partial charge on any atom is -0.468 e. The zero-order valence-electron chi connectivity index (χ0n) is 10.7. The number of hydrogen-bond donors (Lipinski definition) is 1. The standard InChI is InChI=1S/C15H19NO2/c1-16-11-15-14(8-10-18-15)12-17-9-7-13-5-3-2-4-6-13/h2-6,8,10,16H,7,9,11-12H2,1H3. The molecule has 1 aromatic carbocycles. The van der Waals surface area contributed by atoms with Gasteiger partial charge in [0.25, 0.3) is 0 Å². The zero-order valence-corrected chi connectivity index (χ0v) is 10.7. The molecule has 0 fully saturated rings. The summed E-state index contributed by atoms with van der Waals surface area (Å²) in [5.74, 6) is 0.956. The lowest BCUT2D eigenvalue weighted by molar-refractivity contribution is 0.122. The first kappa shape index (κ1) is 12.9. The van der Waals surface area contributed by atoms with E-state index in [1.807, 2.05) is 19.2 Å². The number of hydrogen-bond acceptors (Lipinski definition) is 3. The predicted octanol–water partition coefficient (Wildman–Crippen LogP) is 2.76. The second-order valence-electron chi connectivity index (χ2n) is 4.19. The molecular weight excluding hydrogens is 226 g/mol. The first-order chi connectivity index (χ1) is 8.90. The SMILES string of the molecule is CNCc1occc1COCCc1ccccc1. The molecule has 0 saturated carbocycles. The molecule has 1 heterocycles. The summed E-state index contributed by atoms with van der Waals surface area (Å²) < 4.78 is 11.1. The molecule has 2 aromatic rings. The molecule has 0 amide bonds. The van der Waals surface area contributed by atoms with Crippen molar-refractivity contribution in [2.24, 2.45) is 0 Å². The molecule has 1 N–H and O–H groups in total. The smallest absolute Gasteiger partial charge is 0.123 e. The minimum atomic E-state index is 0.611. The van der Waals surface area contributed by atoms with Gasteiger partial charge in [0.1, 0.15) is 5.76 Å². The van der Waals surface area contributed by atoms with Gasteiger partial charge in [0.2, 0.25) is 0 Å². The van der Waals surface area contributed by atoms with Crippen LogP contribution in [0.1, 0.15) is 16.9 Å². The molecule has 0 saturated heterocycles. The van der Waals surface area contributed by atoms with E-state index in [0.29, 0.717) is 6.61 Å². The predicted molar refractivity (Wildman–Crippen MR) is 71.3 cm³/mol. The van der Waals surface area contributed by atoms with E-state index in [1.165, 1.54) is 5.56 Å². The average molecular weight is 245 g/mol. The Hall–Kier alpha value is -1.58. The largest absolute Gasteiger partial charge is 0.468 e. The highest BCUT2D eigenvalue weighted by molar-refractivity contribution is 5.16. The fourth-order valence-electron chi connectivity index (χ4n) is 1.83. The maximum Gasteiger partial charge on any atom is 0.123 e. The number of furan rings is 1. The molecule has 0 atom stereocenters. The summed E-state index contributed by atoms with van der Waals surface area (Å²) in [5, 5.41) is 3.08. The van der Waals surface area contributed by atoms with Crippen molar-refractivity contribution in [1.29, 1.82) is 0 Å². The van der Waals surface area contributed by atoms with Gasteiger partial charge < -0.3 is 14.5 Å². The maximum absolute atomic E-state index is 5.68. The van der Waals surface area contributed by atoms with Crippen LogP contribution in [0.3, 0.4) is 0 Å². The Morgan fingerprint density at radius 1 is 1.17 bits per heavy atom. The summed E-state index contributed by atoms with van der Waals surface area (Å²) in [6, 6.07) is 12.3. The molecule has 3 nitrogen and oxygen atoms in total. The van der Waals surface area contributed by atoms with Crippen molar-refractivity contribution in [2.75, 3.05) is 13.7 Å². The normalized spacial score (nSPS) is 10.7. The van der Waals surface area contributed by atoms with E-state index in [0.717, 1.165) is 30.9 Å². The van der Waals surface area contributed by atoms with Gasteiger partial charge in [-0.25, -0.2) is 0 Å². The maximum atomic E-state index is 5.68. The molecule has 0 unspecified atom stereocenters. The Balaban J connectivity index is 1.73. The van der Waals surface area contributed by atoms with Crippen LogP contribution in [0.5, 0.6) is 0 Å². The van der Waals surface area contributed by atoms with Crippen LogP contribution < -0.4 is 5.32 Å². The Labute approximate surface area is 108 Å². The lowest BCUT2D eigenvalue weighted by atomic mass is 10.2. The molecule has 1 aromatic heterocycles. The van der Waals surface area contributed by atoms with Crippen LogP contribution in [0.2, 0.25) is 0 Å². The Morgan fingerprint density at radius 2 is 2.00 bits per heavy atom. The molecule has 18 heavy (non-hydrogen) atoms. The van der Waals surface area contributed by atoms with Gasteiger partial charge in [0.15, 0.2) is 0 Å². The monoisotopic (exact) mass is 245 g/mol. The lowest BCUT2D eigenvalue weighted by Gasteiger charge is -2.05. The van der Waals surface area contributed by atoms with Crippen LogP contribution in [0.4, 0.5) is 0 Å². The average Bonchev–Trinajstić information content (AvgIpc) is 2.84. The van der Waals surface area contributed by atoms with Gasteiger partial charge >= 0.3 is 0 Å². The van der Waals surface area contributed by atoms with Gasteiger partial charge in [-0.3, -0.25) is 0 Å². The van der Waals surface area contributed by atoms with E-state index in [9.17, 15) is 0 Å². The third-order valence-electron chi connectivity index (χ3n) is 2.81. The van der Waals surface area contributed by atoms with Crippen LogP contribution in [-0.4, -0.2) is 13.7 Å². The van der Waals surface area contributed by atoms with E-state index in [-0.39, 0.29) is 0 Å². The number of ether oxygens (including phenoxy) is 1. The quantitative estimate of drug-likeness (QED) is 0.762. The highest BCUT2D eigenvalue weighted by Gasteiger charge is 2.05. The highest BCUT2D eigenvalue weighted by atomic mass is 16.5. The zero-order chi connectivity index (χ0) is 12.6. The lowest BCUT2D eigenvalue weighted by Crippen LogP contribution is -2.07. The van der Waals surface area contributed by atoms with E-state index < -0.39 is 0 Å². The fourth-order valence-corrected chi connectivity index (χ4v) is 1.83. The van der Waals surface area contributed by atoms with Gasteiger partial charge in [-0.15, -0.1) is 0 Å². The number of rotatable bonds is 7. The van der Waals surface area contributed by atoms with E-state index in [2.05, 4.69) is 29.6 Å². The van der Waals surface area contributed by atoms with Crippen molar-refractivity contribution in [3.63, 3.8) is 0 Å². The number of nitrogens with one attached hydrogen (secondary N) is 1. The summed E-state index contributed by atoms with van der Waals surface area (Å²) in [7, 11) is 1.91. The topological polar surface area (TPSA) is 34.4 Å². The second kappa shape index (κ2) is 6.99. The summed E-state index contributed by atoms with van der Waals surface area (Å²) in [5.41, 5.74) is 2.43. The molecule has 0 aliphatic carbocycles. The Bertz CT molecular complexity index is 451. The van der Waals surface area contributed by atoms with Gasteiger partial charge in [-0.1, -0.05) is 30.3 Å². The summed E-state index contributed by atoms with van der Waals surface area (Å²) in [6.07, 6.45) is 2.66. The molecule has 0 spiro atoms. The van der Waals surface area contributed by atoms with Crippen molar-refractivity contribution < 1.29 is 9.15 Å². The third-order valence-corrected chi connectivity index (χ3v) is 2.81. The summed E-state index contributed by atoms with van der Waals surface area (Å²) in [4.78, 5) is 0. The van der Waals surface area contributed by atoms with Gasteiger partial charge in [0.05, 0.1) is 26.0 Å². The van der Waals surface area contributed by atoms with Gasteiger partial charge in [0, 0.05) is 5.56 Å². The molecular formula is C15H19NO2. The van der Waals surface area contributed by atoms with E-state index in [4.69, 9.17) is 9.15 Å². The molecule has 3 heteroatoms. The number of benzene rings is 1. The van der Waals surface area contributed by atoms with Crippen molar-refractivity contribution in [3.8, 4) is 0 Å². The van der Waals surface area contributed by atoms with Crippen molar-refractivity contribution in [2.45, 2.75) is 19.6 Å². The Kier molecular flexibility index (Phi) is 5.00. The van der Waals surface area contributed by atoms with Gasteiger partial charge in [-0.2, -0.15) is 0 Å². The van der Waals surface area contributed by atoms with E-state index >= 15 is 0 Å². The first-order valence-corrected chi connectivity index (χ1v) is 6.21. The van der Waals surface area contributed by atoms with Crippen LogP contribution in [0.25, 0.3) is 0 Å². The molecule has 0 radical (unpaired) electrons. The third kappa shape index (κ3) is 3.72. The minimum absolute atomic E-state index is 0.611. The van der Waals surface area contributed by atoms with Gasteiger partial charge in [-0.05, 0) is 25.1 Å².